The number of hydrogen-bond acceptors (Lipinski definition) is 6. The minimum absolute atomic E-state index is 0.127. The number of rotatable bonds is 6. The molecule has 1 rings (SSSR count). The Kier molecular flexibility index (Phi) is 8.48. The van der Waals surface area contributed by atoms with E-state index in [-0.39, 0.29) is 19.6 Å². The number of morpholine rings is 1. The highest BCUT2D eigenvalue weighted by molar-refractivity contribution is 5.95. The van der Waals surface area contributed by atoms with Gasteiger partial charge in [-0.25, -0.2) is 0 Å². The second-order valence-corrected chi connectivity index (χ2v) is 4.50. The number of esters is 2. The Morgan fingerprint density at radius 2 is 1.67 bits per heavy atom. The Morgan fingerprint density at radius 1 is 1.10 bits per heavy atom. The van der Waals surface area contributed by atoms with Crippen LogP contribution >= 0.6 is 0 Å². The van der Waals surface area contributed by atoms with Crippen LogP contribution in [0.15, 0.2) is 0 Å². The van der Waals surface area contributed by atoms with Crippen LogP contribution in [0.5, 0.6) is 0 Å². The molecule has 0 unspecified atom stereocenters. The predicted octanol–water partition coefficient (Wildman–Crippen LogP) is 0.455. The smallest absolute Gasteiger partial charge is 0.321 e. The molecule has 0 aromatic carbocycles. The van der Waals surface area contributed by atoms with Gasteiger partial charge in [0.15, 0.2) is 5.92 Å². The highest BCUT2D eigenvalue weighted by Crippen LogP contribution is 2.08. The maximum atomic E-state index is 11.7. The maximum Gasteiger partial charge on any atom is 0.321 e. The minimum atomic E-state index is -0.956. The van der Waals surface area contributed by atoms with E-state index in [0.29, 0.717) is 6.54 Å². The van der Waals surface area contributed by atoms with Crippen molar-refractivity contribution in [1.82, 2.24) is 4.90 Å². The van der Waals surface area contributed by atoms with Gasteiger partial charge in [0, 0.05) is 19.5 Å². The molecular weight excluding hydrogens is 274 g/mol. The molecule has 0 spiro atoms. The second-order valence-electron chi connectivity index (χ2n) is 4.50. The van der Waals surface area contributed by atoms with Crippen molar-refractivity contribution in [2.24, 2.45) is 5.92 Å². The first-order valence-electron chi connectivity index (χ1n) is 7.28. The van der Waals surface area contributed by atoms with E-state index in [0.717, 1.165) is 26.3 Å². The Balaban J connectivity index is 2.48. The van der Waals surface area contributed by atoms with Crippen LogP contribution in [0.3, 0.4) is 0 Å². The monoisotopic (exact) mass is 297 g/mol. The molecule has 0 N–H and O–H groups in total. The number of hydrogen-bond donors (Lipinski definition) is 0. The molecule has 0 aromatic rings. The predicted molar refractivity (Wildman–Crippen MR) is 76.4 cm³/mol. The van der Waals surface area contributed by atoms with Gasteiger partial charge < -0.3 is 14.2 Å². The van der Waals surface area contributed by atoms with Crippen molar-refractivity contribution in [3.63, 3.8) is 0 Å². The molecule has 0 saturated carbocycles. The van der Waals surface area contributed by atoms with Gasteiger partial charge in [0.2, 0.25) is 0 Å². The van der Waals surface area contributed by atoms with E-state index in [1.54, 1.807) is 13.8 Å². The average Bonchev–Trinajstić information content (AvgIpc) is 2.48. The Labute approximate surface area is 125 Å². The first kappa shape index (κ1) is 17.5. The van der Waals surface area contributed by atoms with Gasteiger partial charge >= 0.3 is 11.9 Å². The summed E-state index contributed by atoms with van der Waals surface area (Å²) in [5.74, 6) is 3.76. The van der Waals surface area contributed by atoms with Gasteiger partial charge in [0.05, 0.1) is 33.0 Å². The summed E-state index contributed by atoms with van der Waals surface area (Å²) in [5.41, 5.74) is 0. The molecular formula is C15H23NO5. The van der Waals surface area contributed by atoms with E-state index in [1.165, 1.54) is 0 Å². The van der Waals surface area contributed by atoms with Crippen LogP contribution in [0, 0.1) is 17.8 Å². The lowest BCUT2D eigenvalue weighted by atomic mass is 10.1. The van der Waals surface area contributed by atoms with E-state index < -0.39 is 17.9 Å². The molecule has 0 amide bonds. The molecule has 0 radical (unpaired) electrons. The topological polar surface area (TPSA) is 65.1 Å². The zero-order chi connectivity index (χ0) is 15.5. The standard InChI is InChI=1S/C15H23NO5/c1-3-20-14(17)13(15(18)21-4-2)7-5-6-8-16-9-11-19-12-10-16/h13H,3-4,7-12H2,1-2H3. The van der Waals surface area contributed by atoms with Crippen LogP contribution in [-0.4, -0.2) is 62.9 Å². The zero-order valence-electron chi connectivity index (χ0n) is 12.7. The maximum absolute atomic E-state index is 11.7. The van der Waals surface area contributed by atoms with Gasteiger partial charge in [0.1, 0.15) is 0 Å². The van der Waals surface area contributed by atoms with Gasteiger partial charge in [-0.3, -0.25) is 14.5 Å². The zero-order valence-corrected chi connectivity index (χ0v) is 12.7. The van der Waals surface area contributed by atoms with Crippen molar-refractivity contribution >= 4 is 11.9 Å². The molecule has 1 saturated heterocycles. The lowest BCUT2D eigenvalue weighted by Gasteiger charge is -2.24. The molecule has 6 heteroatoms. The summed E-state index contributed by atoms with van der Waals surface area (Å²) in [4.78, 5) is 25.6. The molecule has 21 heavy (non-hydrogen) atoms. The summed E-state index contributed by atoms with van der Waals surface area (Å²) >= 11 is 0. The fourth-order valence-electron chi connectivity index (χ4n) is 1.85. The summed E-state index contributed by atoms with van der Waals surface area (Å²) in [6, 6.07) is 0. The van der Waals surface area contributed by atoms with Crippen LogP contribution in [0.25, 0.3) is 0 Å². The van der Waals surface area contributed by atoms with Gasteiger partial charge in [-0.05, 0) is 13.8 Å². The van der Waals surface area contributed by atoms with Crippen molar-refractivity contribution in [2.45, 2.75) is 20.3 Å². The molecule has 1 aliphatic rings. The van der Waals surface area contributed by atoms with Crippen LogP contribution in [0.1, 0.15) is 20.3 Å². The van der Waals surface area contributed by atoms with E-state index in [9.17, 15) is 9.59 Å². The molecule has 1 heterocycles. The summed E-state index contributed by atoms with van der Waals surface area (Å²) < 4.78 is 15.0. The van der Waals surface area contributed by atoms with Crippen molar-refractivity contribution in [2.75, 3.05) is 46.1 Å². The Bertz CT molecular complexity index is 375. The molecule has 0 bridgehead atoms. The number of ether oxygens (including phenoxy) is 3. The Hall–Kier alpha value is -1.58. The molecule has 118 valence electrons. The van der Waals surface area contributed by atoms with E-state index >= 15 is 0 Å². The van der Waals surface area contributed by atoms with Crippen LogP contribution < -0.4 is 0 Å². The van der Waals surface area contributed by atoms with E-state index in [2.05, 4.69) is 16.7 Å². The summed E-state index contributed by atoms with van der Waals surface area (Å²) in [6.45, 7) is 7.62. The Morgan fingerprint density at radius 3 is 2.19 bits per heavy atom. The van der Waals surface area contributed by atoms with Crippen LogP contribution in [0.4, 0.5) is 0 Å². The van der Waals surface area contributed by atoms with E-state index in [4.69, 9.17) is 14.2 Å². The second kappa shape index (κ2) is 10.2. The van der Waals surface area contributed by atoms with Gasteiger partial charge in [0.25, 0.3) is 0 Å². The molecule has 0 aromatic heterocycles. The van der Waals surface area contributed by atoms with Crippen molar-refractivity contribution < 1.29 is 23.8 Å². The van der Waals surface area contributed by atoms with Crippen LogP contribution in [-0.2, 0) is 23.8 Å². The first-order chi connectivity index (χ1) is 10.2. The van der Waals surface area contributed by atoms with Crippen molar-refractivity contribution in [3.8, 4) is 11.8 Å². The first-order valence-corrected chi connectivity index (χ1v) is 7.28. The highest BCUT2D eigenvalue weighted by Gasteiger charge is 2.28. The quantitative estimate of drug-likeness (QED) is 0.403. The van der Waals surface area contributed by atoms with E-state index in [1.807, 2.05) is 0 Å². The summed E-state index contributed by atoms with van der Waals surface area (Å²) in [6.07, 6.45) is 0.127. The summed E-state index contributed by atoms with van der Waals surface area (Å²) in [5, 5.41) is 0. The third-order valence-corrected chi connectivity index (χ3v) is 2.98. The third-order valence-electron chi connectivity index (χ3n) is 2.98. The molecule has 6 nitrogen and oxygen atoms in total. The number of carbonyl (C=O) groups is 2. The highest BCUT2D eigenvalue weighted by atomic mass is 16.6. The van der Waals surface area contributed by atoms with Crippen molar-refractivity contribution in [1.29, 1.82) is 0 Å². The molecule has 0 aliphatic carbocycles. The SMILES string of the molecule is CCOC(=O)C(CC#CCN1CCOCC1)C(=O)OCC. The normalized spacial score (nSPS) is 15.2. The van der Waals surface area contributed by atoms with Crippen LogP contribution in [0.2, 0.25) is 0 Å². The van der Waals surface area contributed by atoms with Gasteiger partial charge in [-0.2, -0.15) is 0 Å². The average molecular weight is 297 g/mol. The van der Waals surface area contributed by atoms with Gasteiger partial charge in [-0.1, -0.05) is 5.92 Å². The summed E-state index contributed by atoms with van der Waals surface area (Å²) in [7, 11) is 0. The molecule has 1 fully saturated rings. The number of nitrogens with zero attached hydrogens (tertiary/aromatic N) is 1. The fourth-order valence-corrected chi connectivity index (χ4v) is 1.85. The minimum Gasteiger partial charge on any atom is -0.465 e. The lowest BCUT2D eigenvalue weighted by molar-refractivity contribution is -0.161. The van der Waals surface area contributed by atoms with Gasteiger partial charge in [-0.15, -0.1) is 5.92 Å². The van der Waals surface area contributed by atoms with Crippen molar-refractivity contribution in [3.05, 3.63) is 0 Å². The lowest BCUT2D eigenvalue weighted by Crippen LogP contribution is -2.36. The fraction of sp³-hybridized carbons (Fsp3) is 0.733. The third kappa shape index (κ3) is 6.61. The molecule has 0 atom stereocenters. The largest absolute Gasteiger partial charge is 0.465 e. The molecule has 1 aliphatic heterocycles. The number of carbonyl (C=O) groups excluding carboxylic acids is 2.